The number of amides is 1. The van der Waals surface area contributed by atoms with Crippen LogP contribution in [-0.4, -0.2) is 25.2 Å². The fourth-order valence-electron chi connectivity index (χ4n) is 2.40. The number of hydrogen-bond acceptors (Lipinski definition) is 4. The standard InChI is InChI=1S/C16H16FN5O2/c1-10-3-4-12(17)13(7-10)20-14(23)5-6-22-9-18-15-11(16(22)24)8-19-21(15)2/h3-4,7-9H,5-6H2,1-2H3,(H,20,23). The topological polar surface area (TPSA) is 81.8 Å². The lowest BCUT2D eigenvalue weighted by Gasteiger charge is -2.08. The third-order valence-corrected chi connectivity index (χ3v) is 3.69. The minimum absolute atomic E-state index is 0.0285. The molecule has 0 unspecified atom stereocenters. The average Bonchev–Trinajstić information content (AvgIpc) is 2.92. The zero-order valence-corrected chi connectivity index (χ0v) is 13.3. The van der Waals surface area contributed by atoms with Gasteiger partial charge >= 0.3 is 0 Å². The van der Waals surface area contributed by atoms with Gasteiger partial charge in [0.1, 0.15) is 11.2 Å². The zero-order chi connectivity index (χ0) is 17.3. The molecule has 0 fully saturated rings. The highest BCUT2D eigenvalue weighted by atomic mass is 19.1. The van der Waals surface area contributed by atoms with Crippen LogP contribution in [-0.2, 0) is 18.4 Å². The largest absolute Gasteiger partial charge is 0.324 e. The van der Waals surface area contributed by atoms with Crippen molar-refractivity contribution in [2.45, 2.75) is 19.9 Å². The maximum Gasteiger partial charge on any atom is 0.264 e. The van der Waals surface area contributed by atoms with E-state index in [1.165, 1.54) is 27.8 Å². The lowest BCUT2D eigenvalue weighted by molar-refractivity contribution is -0.116. The molecule has 0 atom stereocenters. The minimum Gasteiger partial charge on any atom is -0.324 e. The van der Waals surface area contributed by atoms with Gasteiger partial charge in [0.2, 0.25) is 5.91 Å². The SMILES string of the molecule is Cc1ccc(F)c(NC(=O)CCn2cnc3c(cnn3C)c2=O)c1. The molecule has 0 aliphatic carbocycles. The van der Waals surface area contributed by atoms with Crippen LogP contribution in [0.4, 0.5) is 10.1 Å². The van der Waals surface area contributed by atoms with Crippen LogP contribution in [0.1, 0.15) is 12.0 Å². The molecule has 0 radical (unpaired) electrons. The molecule has 0 saturated heterocycles. The zero-order valence-electron chi connectivity index (χ0n) is 13.3. The van der Waals surface area contributed by atoms with Crippen LogP contribution in [0.25, 0.3) is 11.0 Å². The van der Waals surface area contributed by atoms with E-state index in [4.69, 9.17) is 0 Å². The van der Waals surface area contributed by atoms with Crippen molar-refractivity contribution < 1.29 is 9.18 Å². The number of fused-ring (bicyclic) bond motifs is 1. The summed E-state index contributed by atoms with van der Waals surface area (Å²) < 4.78 is 16.5. The smallest absolute Gasteiger partial charge is 0.264 e. The summed E-state index contributed by atoms with van der Waals surface area (Å²) in [6.07, 6.45) is 2.86. The fourth-order valence-corrected chi connectivity index (χ4v) is 2.40. The molecule has 7 nitrogen and oxygen atoms in total. The Balaban J connectivity index is 1.71. The van der Waals surface area contributed by atoms with Gasteiger partial charge in [0, 0.05) is 20.0 Å². The number of hydrogen-bond donors (Lipinski definition) is 1. The van der Waals surface area contributed by atoms with E-state index < -0.39 is 5.82 Å². The second-order valence-corrected chi connectivity index (χ2v) is 5.53. The van der Waals surface area contributed by atoms with E-state index in [1.54, 1.807) is 19.2 Å². The van der Waals surface area contributed by atoms with E-state index in [-0.39, 0.29) is 30.1 Å². The van der Waals surface area contributed by atoms with Crippen LogP contribution in [0.3, 0.4) is 0 Å². The summed E-state index contributed by atoms with van der Waals surface area (Å²) in [7, 11) is 1.70. The Morgan fingerprint density at radius 1 is 1.38 bits per heavy atom. The van der Waals surface area contributed by atoms with Crippen molar-refractivity contribution >= 4 is 22.6 Å². The van der Waals surface area contributed by atoms with Gasteiger partial charge in [-0.15, -0.1) is 0 Å². The predicted octanol–water partition coefficient (Wildman–Crippen LogP) is 1.61. The van der Waals surface area contributed by atoms with Gasteiger partial charge in [0.25, 0.3) is 5.56 Å². The van der Waals surface area contributed by atoms with Crippen molar-refractivity contribution in [1.82, 2.24) is 19.3 Å². The Bertz CT molecular complexity index is 976. The number of anilines is 1. The number of aryl methyl sites for hydroxylation is 3. The van der Waals surface area contributed by atoms with Crippen LogP contribution >= 0.6 is 0 Å². The van der Waals surface area contributed by atoms with Crippen LogP contribution < -0.4 is 10.9 Å². The molecule has 0 aliphatic heterocycles. The third-order valence-electron chi connectivity index (χ3n) is 3.69. The third kappa shape index (κ3) is 3.03. The molecule has 2 heterocycles. The van der Waals surface area contributed by atoms with Crippen molar-refractivity contribution in [2.75, 3.05) is 5.32 Å². The lowest BCUT2D eigenvalue weighted by atomic mass is 10.2. The summed E-state index contributed by atoms with van der Waals surface area (Å²) in [4.78, 5) is 28.4. The molecule has 24 heavy (non-hydrogen) atoms. The Labute approximate surface area is 136 Å². The molecule has 0 bridgehead atoms. The molecule has 1 N–H and O–H groups in total. The number of halogens is 1. The number of carbonyl (C=O) groups is 1. The highest BCUT2D eigenvalue weighted by molar-refractivity contribution is 5.90. The van der Waals surface area contributed by atoms with E-state index >= 15 is 0 Å². The van der Waals surface area contributed by atoms with Gasteiger partial charge in [-0.1, -0.05) is 6.07 Å². The normalized spacial score (nSPS) is 11.0. The van der Waals surface area contributed by atoms with Crippen molar-refractivity contribution in [3.63, 3.8) is 0 Å². The first-order chi connectivity index (χ1) is 11.5. The van der Waals surface area contributed by atoms with Crippen LogP contribution in [0.5, 0.6) is 0 Å². The fraction of sp³-hybridized carbons (Fsp3) is 0.250. The van der Waals surface area contributed by atoms with Crippen LogP contribution in [0.2, 0.25) is 0 Å². The first kappa shape index (κ1) is 15.9. The number of rotatable bonds is 4. The Morgan fingerprint density at radius 2 is 2.17 bits per heavy atom. The average molecular weight is 329 g/mol. The quantitative estimate of drug-likeness (QED) is 0.788. The number of aromatic nitrogens is 4. The van der Waals surface area contributed by atoms with E-state index in [9.17, 15) is 14.0 Å². The molecule has 0 saturated carbocycles. The molecule has 2 aromatic heterocycles. The molecule has 124 valence electrons. The van der Waals surface area contributed by atoms with Crippen molar-refractivity contribution in [3.8, 4) is 0 Å². The number of benzene rings is 1. The van der Waals surface area contributed by atoms with Gasteiger partial charge in [-0.2, -0.15) is 5.10 Å². The maximum atomic E-state index is 13.6. The summed E-state index contributed by atoms with van der Waals surface area (Å²) in [6.45, 7) is 1.96. The highest BCUT2D eigenvalue weighted by Gasteiger charge is 2.11. The van der Waals surface area contributed by atoms with Gasteiger partial charge in [-0.05, 0) is 24.6 Å². The Kier molecular flexibility index (Phi) is 4.11. The Hall–Kier alpha value is -3.03. The summed E-state index contributed by atoms with van der Waals surface area (Å²) in [5.74, 6) is -0.873. The van der Waals surface area contributed by atoms with Gasteiger partial charge in [-0.3, -0.25) is 18.8 Å². The molecule has 1 amide bonds. The second-order valence-electron chi connectivity index (χ2n) is 5.53. The van der Waals surface area contributed by atoms with Gasteiger partial charge in [0.05, 0.1) is 18.2 Å². The summed E-state index contributed by atoms with van der Waals surface area (Å²) in [5, 5.41) is 6.90. The molecular weight excluding hydrogens is 313 g/mol. The van der Waals surface area contributed by atoms with E-state index in [2.05, 4.69) is 15.4 Å². The predicted molar refractivity (Wildman–Crippen MR) is 87.2 cm³/mol. The molecule has 3 rings (SSSR count). The maximum absolute atomic E-state index is 13.6. The highest BCUT2D eigenvalue weighted by Crippen LogP contribution is 2.15. The molecule has 3 aromatic rings. The summed E-state index contributed by atoms with van der Waals surface area (Å²) >= 11 is 0. The molecule has 0 spiro atoms. The van der Waals surface area contributed by atoms with E-state index in [1.807, 2.05) is 6.92 Å². The van der Waals surface area contributed by atoms with Crippen molar-refractivity contribution in [1.29, 1.82) is 0 Å². The molecule has 1 aromatic carbocycles. The van der Waals surface area contributed by atoms with E-state index in [0.717, 1.165) is 5.56 Å². The van der Waals surface area contributed by atoms with Crippen molar-refractivity contribution in [2.24, 2.45) is 7.05 Å². The molecule has 8 heteroatoms. The van der Waals surface area contributed by atoms with Crippen molar-refractivity contribution in [3.05, 3.63) is 52.5 Å². The summed E-state index contributed by atoms with van der Waals surface area (Å²) in [6, 6.07) is 4.48. The first-order valence-electron chi connectivity index (χ1n) is 7.39. The molecule has 0 aliphatic rings. The monoisotopic (exact) mass is 329 g/mol. The number of nitrogens with one attached hydrogen (secondary N) is 1. The van der Waals surface area contributed by atoms with Gasteiger partial charge in [0.15, 0.2) is 5.65 Å². The number of nitrogens with zero attached hydrogens (tertiary/aromatic N) is 4. The van der Waals surface area contributed by atoms with Gasteiger partial charge in [-0.25, -0.2) is 9.37 Å². The lowest BCUT2D eigenvalue weighted by Crippen LogP contribution is -2.23. The molecular formula is C16H16FN5O2. The van der Waals surface area contributed by atoms with Crippen LogP contribution in [0.15, 0.2) is 35.5 Å². The van der Waals surface area contributed by atoms with Crippen LogP contribution in [0, 0.1) is 12.7 Å². The van der Waals surface area contributed by atoms with E-state index in [0.29, 0.717) is 11.0 Å². The summed E-state index contributed by atoms with van der Waals surface area (Å²) in [5.41, 5.74) is 1.20. The first-order valence-corrected chi connectivity index (χ1v) is 7.39. The minimum atomic E-state index is -0.496. The van der Waals surface area contributed by atoms with Gasteiger partial charge < -0.3 is 5.32 Å². The number of carbonyl (C=O) groups excluding carboxylic acids is 1. The second kappa shape index (κ2) is 6.23. The Morgan fingerprint density at radius 3 is 2.96 bits per heavy atom.